The Kier molecular flexibility index (Phi) is 4.98. The van der Waals surface area contributed by atoms with Gasteiger partial charge in [-0.3, -0.25) is 0 Å². The van der Waals surface area contributed by atoms with E-state index in [0.717, 1.165) is 22.3 Å². The molecule has 0 saturated heterocycles. The van der Waals surface area contributed by atoms with Crippen LogP contribution in [0.15, 0.2) is 0 Å². The maximum atomic E-state index is 11.1. The predicted molar refractivity (Wildman–Crippen MR) is 57.1 cm³/mol. The molecule has 0 aromatic heterocycles. The normalized spacial score (nSPS) is 9.67. The van der Waals surface area contributed by atoms with E-state index < -0.39 is 5.97 Å². The molecule has 0 unspecified atom stereocenters. The first kappa shape index (κ1) is 14.6. The molecular formula is C12H16HgO2. The van der Waals surface area contributed by atoms with Crippen LogP contribution in [0.25, 0.3) is 0 Å². The van der Waals surface area contributed by atoms with Crippen LogP contribution in [0, 0.1) is 34.6 Å². The molecule has 0 atom stereocenters. The van der Waals surface area contributed by atoms with Crippen molar-refractivity contribution in [2.45, 2.75) is 34.6 Å². The summed E-state index contributed by atoms with van der Waals surface area (Å²) < 4.78 is 0. The molecule has 2 nitrogen and oxygen atoms in total. The van der Waals surface area contributed by atoms with E-state index in [-0.39, 0.29) is 27.7 Å². The Morgan fingerprint density at radius 2 is 1.07 bits per heavy atom. The van der Waals surface area contributed by atoms with Crippen LogP contribution in [0.2, 0.25) is 0 Å². The van der Waals surface area contributed by atoms with Crippen LogP contribution >= 0.6 is 0 Å². The fraction of sp³-hybridized carbons (Fsp3) is 0.417. The summed E-state index contributed by atoms with van der Waals surface area (Å²) >= 11 is 0. The minimum Gasteiger partial charge on any atom is -0.478 e. The molecule has 0 aliphatic carbocycles. The SMILES string of the molecule is Cc1c(C)c(C)c(C(=O)O)c(C)c1C.[Hg]. The fourth-order valence-corrected chi connectivity index (χ4v) is 1.82. The molecule has 1 rings (SSSR count). The number of hydrogen-bond acceptors (Lipinski definition) is 1. The van der Waals surface area contributed by atoms with Crippen molar-refractivity contribution in [1.29, 1.82) is 0 Å². The van der Waals surface area contributed by atoms with Crippen LogP contribution in [0.3, 0.4) is 0 Å². The zero-order valence-corrected chi connectivity index (χ0v) is 15.6. The van der Waals surface area contributed by atoms with Gasteiger partial charge in [0.05, 0.1) is 5.56 Å². The summed E-state index contributed by atoms with van der Waals surface area (Å²) in [6.45, 7) is 9.74. The first-order chi connectivity index (χ1) is 6.37. The Bertz CT molecular complexity index is 380. The number of aromatic carboxylic acids is 1. The van der Waals surface area contributed by atoms with Gasteiger partial charge in [0.1, 0.15) is 0 Å². The summed E-state index contributed by atoms with van der Waals surface area (Å²) in [4.78, 5) is 11.1. The zero-order chi connectivity index (χ0) is 11.0. The van der Waals surface area contributed by atoms with E-state index in [1.165, 1.54) is 5.56 Å². The summed E-state index contributed by atoms with van der Waals surface area (Å²) in [6.07, 6.45) is 0. The maximum absolute atomic E-state index is 11.1. The van der Waals surface area contributed by atoms with Gasteiger partial charge in [0.25, 0.3) is 0 Å². The molecule has 3 heteroatoms. The Morgan fingerprint density at radius 1 is 0.800 bits per heavy atom. The van der Waals surface area contributed by atoms with Gasteiger partial charge in [-0.15, -0.1) is 0 Å². The van der Waals surface area contributed by atoms with Gasteiger partial charge in [0.15, 0.2) is 0 Å². The number of rotatable bonds is 1. The Labute approximate surface area is 111 Å². The number of carboxylic acids is 1. The van der Waals surface area contributed by atoms with Gasteiger partial charge in [0, 0.05) is 27.7 Å². The van der Waals surface area contributed by atoms with Gasteiger partial charge in [-0.05, 0) is 62.4 Å². The first-order valence-electron chi connectivity index (χ1n) is 4.68. The largest absolute Gasteiger partial charge is 0.478 e. The van der Waals surface area contributed by atoms with Crippen LogP contribution in [-0.4, -0.2) is 11.1 Å². The Hall–Kier alpha value is -0.375. The average molecular weight is 393 g/mol. The van der Waals surface area contributed by atoms with Crippen molar-refractivity contribution in [1.82, 2.24) is 0 Å². The van der Waals surface area contributed by atoms with E-state index in [4.69, 9.17) is 5.11 Å². The van der Waals surface area contributed by atoms with Crippen molar-refractivity contribution < 1.29 is 37.6 Å². The van der Waals surface area contributed by atoms with E-state index in [0.29, 0.717) is 5.56 Å². The molecule has 1 N–H and O–H groups in total. The number of carboxylic acid groups (broad SMARTS) is 1. The molecule has 1 aromatic rings. The van der Waals surface area contributed by atoms with E-state index in [1.54, 1.807) is 0 Å². The minimum absolute atomic E-state index is 0. The molecule has 0 bridgehead atoms. The van der Waals surface area contributed by atoms with Crippen molar-refractivity contribution in [2.24, 2.45) is 0 Å². The molecule has 0 spiro atoms. The zero-order valence-electron chi connectivity index (χ0n) is 10.1. The summed E-state index contributed by atoms with van der Waals surface area (Å²) in [5.74, 6) is -0.828. The van der Waals surface area contributed by atoms with Crippen molar-refractivity contribution in [3.63, 3.8) is 0 Å². The van der Waals surface area contributed by atoms with Gasteiger partial charge < -0.3 is 5.11 Å². The molecule has 0 radical (unpaired) electrons. The van der Waals surface area contributed by atoms with Crippen molar-refractivity contribution >= 4 is 5.97 Å². The number of hydrogen-bond donors (Lipinski definition) is 1. The molecule has 0 aliphatic rings. The van der Waals surface area contributed by atoms with E-state index >= 15 is 0 Å². The predicted octanol–water partition coefficient (Wildman–Crippen LogP) is 2.92. The van der Waals surface area contributed by atoms with Gasteiger partial charge in [0.2, 0.25) is 0 Å². The maximum Gasteiger partial charge on any atom is 0.336 e. The molecular weight excluding hydrogens is 377 g/mol. The van der Waals surface area contributed by atoms with Crippen LogP contribution in [-0.2, 0) is 27.7 Å². The second kappa shape index (κ2) is 5.11. The summed E-state index contributed by atoms with van der Waals surface area (Å²) in [5, 5.41) is 9.09. The summed E-state index contributed by atoms with van der Waals surface area (Å²) in [5.41, 5.74) is 5.61. The van der Waals surface area contributed by atoms with E-state index in [1.807, 2.05) is 34.6 Å². The molecule has 0 aliphatic heterocycles. The second-order valence-electron chi connectivity index (χ2n) is 3.81. The van der Waals surface area contributed by atoms with Crippen molar-refractivity contribution in [3.8, 4) is 0 Å². The van der Waals surface area contributed by atoms with Crippen LogP contribution in [0.1, 0.15) is 38.2 Å². The average Bonchev–Trinajstić information content (AvgIpc) is 2.11. The number of carbonyl (C=O) groups is 1. The molecule has 0 fully saturated rings. The topological polar surface area (TPSA) is 37.3 Å². The van der Waals surface area contributed by atoms with Gasteiger partial charge in [-0.2, -0.15) is 0 Å². The fourth-order valence-electron chi connectivity index (χ4n) is 1.82. The molecule has 1 aromatic carbocycles. The van der Waals surface area contributed by atoms with Gasteiger partial charge >= 0.3 is 5.97 Å². The monoisotopic (exact) mass is 394 g/mol. The Balaban J connectivity index is 0.00000196. The molecule has 0 amide bonds. The summed E-state index contributed by atoms with van der Waals surface area (Å²) in [7, 11) is 0. The Morgan fingerprint density at radius 3 is 1.33 bits per heavy atom. The third-order valence-electron chi connectivity index (χ3n) is 3.21. The standard InChI is InChI=1S/C12H16O2.Hg/c1-6-7(2)9(4)11(12(13)14)10(5)8(6)3;/h1-5H3,(H,13,14);. The first-order valence-corrected chi connectivity index (χ1v) is 4.68. The van der Waals surface area contributed by atoms with E-state index in [9.17, 15) is 4.79 Å². The van der Waals surface area contributed by atoms with Crippen LogP contribution in [0.4, 0.5) is 0 Å². The molecule has 0 saturated carbocycles. The summed E-state index contributed by atoms with van der Waals surface area (Å²) in [6, 6.07) is 0. The molecule has 78 valence electrons. The van der Waals surface area contributed by atoms with Gasteiger partial charge in [-0.25, -0.2) is 4.79 Å². The second-order valence-corrected chi connectivity index (χ2v) is 3.81. The van der Waals surface area contributed by atoms with Crippen LogP contribution < -0.4 is 0 Å². The third-order valence-corrected chi connectivity index (χ3v) is 3.21. The van der Waals surface area contributed by atoms with Crippen molar-refractivity contribution in [2.75, 3.05) is 0 Å². The molecule has 15 heavy (non-hydrogen) atoms. The smallest absolute Gasteiger partial charge is 0.336 e. The molecule has 0 heterocycles. The van der Waals surface area contributed by atoms with Crippen molar-refractivity contribution in [3.05, 3.63) is 33.4 Å². The van der Waals surface area contributed by atoms with Gasteiger partial charge in [-0.1, -0.05) is 0 Å². The number of benzene rings is 1. The minimum atomic E-state index is -0.828. The third kappa shape index (κ3) is 2.41. The van der Waals surface area contributed by atoms with E-state index in [2.05, 4.69) is 0 Å². The van der Waals surface area contributed by atoms with Crippen LogP contribution in [0.5, 0.6) is 0 Å². The quantitative estimate of drug-likeness (QED) is 0.746.